The SMILES string of the molecule is CC12CCCC1C1CCC3=CC=CCC=C3C1CC2. The van der Waals surface area contributed by atoms with Crippen molar-refractivity contribution in [1.29, 1.82) is 0 Å². The summed E-state index contributed by atoms with van der Waals surface area (Å²) in [5.74, 6) is 2.93. The Kier molecular flexibility index (Phi) is 2.76. The molecule has 0 nitrogen and oxygen atoms in total. The van der Waals surface area contributed by atoms with Crippen molar-refractivity contribution < 1.29 is 0 Å². The standard InChI is InChI=1S/C19H26/c1-19-12-5-8-18(19)17-10-9-14-6-3-2-4-7-15(14)16(17)11-13-19/h2-3,6-7,16-18H,4-5,8-13H2,1H3. The van der Waals surface area contributed by atoms with Crippen LogP contribution in [0.3, 0.4) is 0 Å². The molecule has 4 rings (SSSR count). The summed E-state index contributed by atoms with van der Waals surface area (Å²) < 4.78 is 0. The molecule has 4 aliphatic rings. The van der Waals surface area contributed by atoms with Gasteiger partial charge in [-0.25, -0.2) is 0 Å². The van der Waals surface area contributed by atoms with Gasteiger partial charge in [0.05, 0.1) is 0 Å². The molecule has 0 amide bonds. The van der Waals surface area contributed by atoms with E-state index >= 15 is 0 Å². The Bertz CT molecular complexity index is 464. The van der Waals surface area contributed by atoms with E-state index in [2.05, 4.69) is 31.2 Å². The molecule has 0 heteroatoms. The molecule has 0 radical (unpaired) electrons. The third-order valence-corrected chi connectivity index (χ3v) is 6.64. The van der Waals surface area contributed by atoms with E-state index in [9.17, 15) is 0 Å². The highest BCUT2D eigenvalue weighted by Crippen LogP contribution is 2.60. The van der Waals surface area contributed by atoms with Gasteiger partial charge >= 0.3 is 0 Å². The summed E-state index contributed by atoms with van der Waals surface area (Å²) in [7, 11) is 0. The van der Waals surface area contributed by atoms with Crippen molar-refractivity contribution in [3.63, 3.8) is 0 Å². The lowest BCUT2D eigenvalue weighted by Gasteiger charge is -2.50. The summed E-state index contributed by atoms with van der Waals surface area (Å²) in [5.41, 5.74) is 4.11. The van der Waals surface area contributed by atoms with Gasteiger partial charge in [-0.2, -0.15) is 0 Å². The Morgan fingerprint density at radius 3 is 3.05 bits per heavy atom. The Labute approximate surface area is 117 Å². The van der Waals surface area contributed by atoms with E-state index in [1.165, 1.54) is 44.9 Å². The van der Waals surface area contributed by atoms with E-state index in [-0.39, 0.29) is 0 Å². The van der Waals surface area contributed by atoms with Gasteiger partial charge in [0.15, 0.2) is 0 Å². The normalized spacial score (nSPS) is 44.6. The molecule has 102 valence electrons. The molecule has 0 aromatic rings. The van der Waals surface area contributed by atoms with Crippen molar-refractivity contribution >= 4 is 0 Å². The van der Waals surface area contributed by atoms with Gasteiger partial charge in [0.25, 0.3) is 0 Å². The molecule has 19 heavy (non-hydrogen) atoms. The largest absolute Gasteiger partial charge is 0.0807 e. The van der Waals surface area contributed by atoms with Crippen molar-refractivity contribution in [2.45, 2.75) is 58.3 Å². The number of allylic oxidation sites excluding steroid dienone is 6. The van der Waals surface area contributed by atoms with E-state index in [1.807, 2.05) is 0 Å². The lowest BCUT2D eigenvalue weighted by Crippen LogP contribution is -2.41. The van der Waals surface area contributed by atoms with E-state index in [0.29, 0.717) is 5.41 Å². The van der Waals surface area contributed by atoms with Crippen molar-refractivity contribution in [2.24, 2.45) is 23.2 Å². The Hall–Kier alpha value is -0.780. The zero-order valence-electron chi connectivity index (χ0n) is 12.2. The first-order valence-electron chi connectivity index (χ1n) is 8.34. The van der Waals surface area contributed by atoms with Crippen molar-refractivity contribution in [2.75, 3.05) is 0 Å². The first-order valence-corrected chi connectivity index (χ1v) is 8.34. The Balaban J connectivity index is 1.68. The van der Waals surface area contributed by atoms with Gasteiger partial charge in [0.1, 0.15) is 0 Å². The number of fused-ring (bicyclic) bond motifs is 5. The minimum absolute atomic E-state index is 0.700. The summed E-state index contributed by atoms with van der Waals surface area (Å²) in [6.45, 7) is 2.59. The molecule has 0 spiro atoms. The maximum Gasteiger partial charge on any atom is -0.0131 e. The van der Waals surface area contributed by atoms with Crippen LogP contribution in [-0.2, 0) is 0 Å². The summed E-state index contributed by atoms with van der Waals surface area (Å²) in [6, 6.07) is 0. The van der Waals surface area contributed by atoms with Crippen LogP contribution in [-0.4, -0.2) is 0 Å². The highest BCUT2D eigenvalue weighted by molar-refractivity contribution is 5.41. The molecule has 3 fully saturated rings. The second kappa shape index (κ2) is 4.36. The van der Waals surface area contributed by atoms with E-state index < -0.39 is 0 Å². The average Bonchev–Trinajstić information content (AvgIpc) is 2.66. The van der Waals surface area contributed by atoms with Gasteiger partial charge < -0.3 is 0 Å². The quantitative estimate of drug-likeness (QED) is 0.541. The molecule has 4 atom stereocenters. The summed E-state index contributed by atoms with van der Waals surface area (Å²) in [5, 5.41) is 0. The monoisotopic (exact) mass is 254 g/mol. The fourth-order valence-corrected chi connectivity index (χ4v) is 5.69. The summed E-state index contributed by atoms with van der Waals surface area (Å²) in [6.07, 6.45) is 20.9. The Morgan fingerprint density at radius 2 is 2.11 bits per heavy atom. The maximum absolute atomic E-state index is 2.59. The fourth-order valence-electron chi connectivity index (χ4n) is 5.69. The maximum atomic E-state index is 2.59. The van der Waals surface area contributed by atoms with Crippen LogP contribution in [0.25, 0.3) is 0 Å². The topological polar surface area (TPSA) is 0 Å². The third kappa shape index (κ3) is 1.79. The predicted octanol–water partition coefficient (Wildman–Crippen LogP) is 5.43. The number of hydrogen-bond acceptors (Lipinski definition) is 0. The fraction of sp³-hybridized carbons (Fsp3) is 0.684. The predicted molar refractivity (Wildman–Crippen MR) is 80.8 cm³/mol. The van der Waals surface area contributed by atoms with Crippen LogP contribution in [0, 0.1) is 23.2 Å². The zero-order valence-corrected chi connectivity index (χ0v) is 12.2. The van der Waals surface area contributed by atoms with Gasteiger partial charge in [-0.1, -0.05) is 37.6 Å². The van der Waals surface area contributed by atoms with E-state index in [4.69, 9.17) is 0 Å². The van der Waals surface area contributed by atoms with E-state index in [1.54, 1.807) is 11.1 Å². The van der Waals surface area contributed by atoms with Gasteiger partial charge in [-0.05, 0) is 79.3 Å². The molecule has 4 unspecified atom stereocenters. The van der Waals surface area contributed by atoms with Crippen molar-refractivity contribution in [3.05, 3.63) is 35.5 Å². The lowest BCUT2D eigenvalue weighted by molar-refractivity contribution is 0.0440. The van der Waals surface area contributed by atoms with Crippen LogP contribution < -0.4 is 0 Å². The van der Waals surface area contributed by atoms with Crippen LogP contribution in [0.4, 0.5) is 0 Å². The van der Waals surface area contributed by atoms with Gasteiger partial charge in [-0.15, -0.1) is 0 Å². The van der Waals surface area contributed by atoms with E-state index in [0.717, 1.165) is 24.2 Å². The molecule has 0 saturated heterocycles. The van der Waals surface area contributed by atoms with Crippen LogP contribution in [0.15, 0.2) is 35.5 Å². The number of rotatable bonds is 0. The van der Waals surface area contributed by atoms with Crippen LogP contribution >= 0.6 is 0 Å². The van der Waals surface area contributed by atoms with Crippen LogP contribution in [0.1, 0.15) is 58.3 Å². The van der Waals surface area contributed by atoms with Crippen LogP contribution in [0.2, 0.25) is 0 Å². The average molecular weight is 254 g/mol. The second-order valence-electron chi connectivity index (χ2n) is 7.52. The third-order valence-electron chi connectivity index (χ3n) is 6.64. The molecule has 3 saturated carbocycles. The summed E-state index contributed by atoms with van der Waals surface area (Å²) in [4.78, 5) is 0. The molecular formula is C19H26. The minimum atomic E-state index is 0.700. The first-order chi connectivity index (χ1) is 9.28. The molecular weight excluding hydrogens is 228 g/mol. The zero-order chi connectivity index (χ0) is 12.9. The molecule has 0 aliphatic heterocycles. The molecule has 0 heterocycles. The molecule has 0 N–H and O–H groups in total. The molecule has 0 aromatic heterocycles. The lowest BCUT2D eigenvalue weighted by atomic mass is 9.55. The molecule has 4 aliphatic carbocycles. The first kappa shape index (κ1) is 12.0. The molecule has 0 bridgehead atoms. The van der Waals surface area contributed by atoms with Crippen molar-refractivity contribution in [1.82, 2.24) is 0 Å². The van der Waals surface area contributed by atoms with Gasteiger partial charge in [0.2, 0.25) is 0 Å². The molecule has 0 aromatic carbocycles. The smallest absolute Gasteiger partial charge is 0.0131 e. The second-order valence-corrected chi connectivity index (χ2v) is 7.52. The highest BCUT2D eigenvalue weighted by Gasteiger charge is 2.50. The minimum Gasteiger partial charge on any atom is -0.0807 e. The Morgan fingerprint density at radius 1 is 1.16 bits per heavy atom. The number of hydrogen-bond donors (Lipinski definition) is 0. The van der Waals surface area contributed by atoms with Crippen LogP contribution in [0.5, 0.6) is 0 Å². The highest BCUT2D eigenvalue weighted by atomic mass is 14.5. The van der Waals surface area contributed by atoms with Gasteiger partial charge in [0, 0.05) is 0 Å². The van der Waals surface area contributed by atoms with Crippen molar-refractivity contribution in [3.8, 4) is 0 Å². The van der Waals surface area contributed by atoms with Gasteiger partial charge in [-0.3, -0.25) is 0 Å². The summed E-state index contributed by atoms with van der Waals surface area (Å²) >= 11 is 0.